The number of nitrogens with two attached hydrogens (primary N) is 1. The number of hydrogen-bond donors (Lipinski definition) is 2. The zero-order chi connectivity index (χ0) is 13.6. The maximum absolute atomic E-state index is 12.1. The van der Waals surface area contributed by atoms with E-state index in [9.17, 15) is 9.59 Å². The van der Waals surface area contributed by atoms with E-state index in [4.69, 9.17) is 10.8 Å². The molecule has 1 atom stereocenters. The van der Waals surface area contributed by atoms with Gasteiger partial charge in [-0.05, 0) is 33.2 Å². The molecule has 0 aliphatic rings. The van der Waals surface area contributed by atoms with Gasteiger partial charge in [0.25, 0.3) is 0 Å². The molecule has 0 aromatic carbocycles. The van der Waals surface area contributed by atoms with E-state index in [2.05, 4.69) is 0 Å². The summed E-state index contributed by atoms with van der Waals surface area (Å²) in [6.45, 7) is 7.68. The molecule has 0 fully saturated rings. The van der Waals surface area contributed by atoms with Crippen molar-refractivity contribution in [2.45, 2.75) is 46.1 Å². The Morgan fingerprint density at radius 2 is 1.88 bits per heavy atom. The largest absolute Gasteiger partial charge is 0.480 e. The number of carboxylic acids is 1. The topological polar surface area (TPSA) is 83.6 Å². The van der Waals surface area contributed by atoms with Gasteiger partial charge >= 0.3 is 5.97 Å². The second kappa shape index (κ2) is 6.59. The Morgan fingerprint density at radius 1 is 1.35 bits per heavy atom. The lowest BCUT2D eigenvalue weighted by atomic mass is 9.98. The number of rotatable bonds is 7. The second-order valence-electron chi connectivity index (χ2n) is 4.72. The highest BCUT2D eigenvalue weighted by Crippen LogP contribution is 2.18. The molecule has 0 spiro atoms. The fourth-order valence-electron chi connectivity index (χ4n) is 1.75. The smallest absolute Gasteiger partial charge is 0.329 e. The summed E-state index contributed by atoms with van der Waals surface area (Å²) in [5.74, 6) is -1.01. The van der Waals surface area contributed by atoms with Crippen molar-refractivity contribution in [3.63, 3.8) is 0 Å². The first-order valence-corrected chi connectivity index (χ1v) is 6.05. The van der Waals surface area contributed by atoms with Crippen LogP contribution in [0, 0.1) is 5.92 Å². The van der Waals surface area contributed by atoms with E-state index in [1.807, 2.05) is 6.92 Å². The maximum atomic E-state index is 12.1. The van der Waals surface area contributed by atoms with Crippen LogP contribution in [-0.2, 0) is 9.59 Å². The Labute approximate surface area is 103 Å². The highest BCUT2D eigenvalue weighted by Gasteiger charge is 2.36. The predicted octanol–water partition coefficient (Wildman–Crippen LogP) is 1.07. The van der Waals surface area contributed by atoms with Crippen molar-refractivity contribution in [2.24, 2.45) is 11.7 Å². The number of hydrogen-bond acceptors (Lipinski definition) is 3. The van der Waals surface area contributed by atoms with Crippen LogP contribution in [0.5, 0.6) is 0 Å². The summed E-state index contributed by atoms with van der Waals surface area (Å²) in [5.41, 5.74) is 4.39. The van der Waals surface area contributed by atoms with Crippen LogP contribution in [0.15, 0.2) is 0 Å². The minimum absolute atomic E-state index is 0.126. The Balaban J connectivity index is 4.78. The van der Waals surface area contributed by atoms with Crippen LogP contribution in [-0.4, -0.2) is 40.5 Å². The van der Waals surface area contributed by atoms with Gasteiger partial charge in [-0.1, -0.05) is 13.3 Å². The second-order valence-corrected chi connectivity index (χ2v) is 4.72. The summed E-state index contributed by atoms with van der Waals surface area (Å²) in [5, 5.41) is 9.12. The highest BCUT2D eigenvalue weighted by atomic mass is 16.4. The first kappa shape index (κ1) is 15.9. The summed E-state index contributed by atoms with van der Waals surface area (Å²) in [6.07, 6.45) is 1.14. The zero-order valence-corrected chi connectivity index (χ0v) is 11.2. The van der Waals surface area contributed by atoms with Gasteiger partial charge in [0.15, 0.2) is 0 Å². The van der Waals surface area contributed by atoms with Crippen molar-refractivity contribution in [2.75, 3.05) is 13.1 Å². The molecule has 1 amide bonds. The fraction of sp³-hybridized carbons (Fsp3) is 0.833. The molecule has 100 valence electrons. The zero-order valence-electron chi connectivity index (χ0n) is 11.2. The van der Waals surface area contributed by atoms with Crippen molar-refractivity contribution < 1.29 is 14.7 Å². The van der Waals surface area contributed by atoms with Gasteiger partial charge in [0.2, 0.25) is 5.91 Å². The lowest BCUT2D eigenvalue weighted by Gasteiger charge is -2.35. The molecule has 5 heteroatoms. The molecular weight excluding hydrogens is 220 g/mol. The third kappa shape index (κ3) is 4.00. The van der Waals surface area contributed by atoms with E-state index in [1.165, 1.54) is 4.90 Å². The third-order valence-electron chi connectivity index (χ3n) is 3.19. The van der Waals surface area contributed by atoms with Gasteiger partial charge in [0.1, 0.15) is 5.54 Å². The van der Waals surface area contributed by atoms with Gasteiger partial charge in [0, 0.05) is 13.0 Å². The highest BCUT2D eigenvalue weighted by molar-refractivity contribution is 5.86. The normalized spacial score (nSPS) is 13.2. The van der Waals surface area contributed by atoms with E-state index >= 15 is 0 Å². The molecule has 0 aliphatic carbocycles. The molecule has 0 bridgehead atoms. The van der Waals surface area contributed by atoms with Crippen LogP contribution in [0.4, 0.5) is 0 Å². The van der Waals surface area contributed by atoms with Crippen molar-refractivity contribution >= 4 is 11.9 Å². The van der Waals surface area contributed by atoms with Crippen LogP contribution in [0.25, 0.3) is 0 Å². The molecule has 0 heterocycles. The van der Waals surface area contributed by atoms with Gasteiger partial charge in [-0.2, -0.15) is 0 Å². The number of amides is 1. The van der Waals surface area contributed by atoms with Gasteiger partial charge in [-0.25, -0.2) is 4.79 Å². The average Bonchev–Trinajstić information content (AvgIpc) is 2.26. The van der Waals surface area contributed by atoms with Gasteiger partial charge in [-0.15, -0.1) is 0 Å². The lowest BCUT2D eigenvalue weighted by molar-refractivity contribution is -0.157. The standard InChI is InChI=1S/C12H24N2O3/c1-5-9(8-13)7-10(15)14(6-2)12(3,4)11(16)17/h9H,5-8,13H2,1-4H3,(H,16,17). The maximum Gasteiger partial charge on any atom is 0.329 e. The summed E-state index contributed by atoms with van der Waals surface area (Å²) in [4.78, 5) is 24.6. The van der Waals surface area contributed by atoms with Crippen molar-refractivity contribution in [1.29, 1.82) is 0 Å². The first-order valence-electron chi connectivity index (χ1n) is 6.05. The quantitative estimate of drug-likeness (QED) is 0.701. The van der Waals surface area contributed by atoms with E-state index in [1.54, 1.807) is 20.8 Å². The summed E-state index contributed by atoms with van der Waals surface area (Å²) < 4.78 is 0. The van der Waals surface area contributed by atoms with Gasteiger partial charge in [0.05, 0.1) is 0 Å². The molecule has 3 N–H and O–H groups in total. The fourth-order valence-corrected chi connectivity index (χ4v) is 1.75. The van der Waals surface area contributed by atoms with E-state index in [-0.39, 0.29) is 11.8 Å². The number of carboxylic acid groups (broad SMARTS) is 1. The Bertz CT molecular complexity index is 273. The summed E-state index contributed by atoms with van der Waals surface area (Å²) in [6, 6.07) is 0. The molecule has 0 aromatic rings. The molecule has 0 radical (unpaired) electrons. The van der Waals surface area contributed by atoms with Gasteiger partial charge < -0.3 is 15.7 Å². The number of carbonyl (C=O) groups excluding carboxylic acids is 1. The van der Waals surface area contributed by atoms with Crippen molar-refractivity contribution in [3.05, 3.63) is 0 Å². The average molecular weight is 244 g/mol. The third-order valence-corrected chi connectivity index (χ3v) is 3.19. The Morgan fingerprint density at radius 3 is 2.18 bits per heavy atom. The summed E-state index contributed by atoms with van der Waals surface area (Å²) in [7, 11) is 0. The molecule has 0 saturated heterocycles. The minimum atomic E-state index is -1.17. The Hall–Kier alpha value is -1.10. The molecule has 1 unspecified atom stereocenters. The molecule has 0 aliphatic heterocycles. The van der Waals surface area contributed by atoms with Crippen LogP contribution in [0.1, 0.15) is 40.5 Å². The van der Waals surface area contributed by atoms with Crippen LogP contribution in [0.3, 0.4) is 0 Å². The van der Waals surface area contributed by atoms with Crippen LogP contribution >= 0.6 is 0 Å². The van der Waals surface area contributed by atoms with Crippen LogP contribution < -0.4 is 5.73 Å². The number of likely N-dealkylation sites (N-methyl/N-ethyl adjacent to an activating group) is 1. The minimum Gasteiger partial charge on any atom is -0.480 e. The molecule has 0 saturated carbocycles. The Kier molecular flexibility index (Phi) is 6.16. The predicted molar refractivity (Wildman–Crippen MR) is 66.6 cm³/mol. The van der Waals surface area contributed by atoms with Crippen molar-refractivity contribution in [1.82, 2.24) is 4.90 Å². The SMILES string of the molecule is CCC(CN)CC(=O)N(CC)C(C)(C)C(=O)O. The number of aliphatic carboxylic acids is 1. The molecule has 0 rings (SSSR count). The summed E-state index contributed by atoms with van der Waals surface area (Å²) >= 11 is 0. The number of nitrogens with zero attached hydrogens (tertiary/aromatic N) is 1. The van der Waals surface area contributed by atoms with Gasteiger partial charge in [-0.3, -0.25) is 4.79 Å². The monoisotopic (exact) mass is 244 g/mol. The first-order chi connectivity index (χ1) is 7.81. The molecule has 17 heavy (non-hydrogen) atoms. The number of carbonyl (C=O) groups is 2. The van der Waals surface area contributed by atoms with E-state index in [0.717, 1.165) is 6.42 Å². The van der Waals surface area contributed by atoms with Crippen LogP contribution in [0.2, 0.25) is 0 Å². The lowest BCUT2D eigenvalue weighted by Crippen LogP contribution is -2.53. The molecule has 0 aromatic heterocycles. The van der Waals surface area contributed by atoms with Crippen molar-refractivity contribution in [3.8, 4) is 0 Å². The molecule has 5 nitrogen and oxygen atoms in total. The van der Waals surface area contributed by atoms with E-state index < -0.39 is 11.5 Å². The van der Waals surface area contributed by atoms with E-state index in [0.29, 0.717) is 19.5 Å². The molecular formula is C12H24N2O3.